The first-order valence-electron chi connectivity index (χ1n) is 7.69. The molecule has 0 aliphatic carbocycles. The number of nitrogens with zero attached hydrogens (tertiary/aromatic N) is 1. The van der Waals surface area contributed by atoms with Gasteiger partial charge in [-0.15, -0.1) is 0 Å². The van der Waals surface area contributed by atoms with Crippen molar-refractivity contribution in [2.45, 2.75) is 18.7 Å². The van der Waals surface area contributed by atoms with Gasteiger partial charge in [0, 0.05) is 13.1 Å². The Balaban J connectivity index is 2.67. The molecule has 0 aliphatic heterocycles. The van der Waals surface area contributed by atoms with Crippen molar-refractivity contribution >= 4 is 21.7 Å². The van der Waals surface area contributed by atoms with Gasteiger partial charge in [-0.25, -0.2) is 13.2 Å². The highest BCUT2D eigenvalue weighted by atomic mass is 32.2. The van der Waals surface area contributed by atoms with Gasteiger partial charge in [-0.1, -0.05) is 12.1 Å². The quantitative estimate of drug-likeness (QED) is 0.830. The second-order valence-electron chi connectivity index (χ2n) is 5.77. The van der Waals surface area contributed by atoms with E-state index >= 15 is 0 Å². The van der Waals surface area contributed by atoms with Gasteiger partial charge in [-0.3, -0.25) is 4.31 Å². The maximum Gasteiger partial charge on any atom is 0.339 e. The lowest BCUT2D eigenvalue weighted by Crippen LogP contribution is -2.27. The Bertz CT molecular complexity index is 952. The monoisotopic (exact) mass is 379 g/mol. The zero-order valence-electron chi connectivity index (χ0n) is 15.2. The zero-order valence-corrected chi connectivity index (χ0v) is 16.0. The summed E-state index contributed by atoms with van der Waals surface area (Å²) in [6, 6.07) is 7.79. The van der Waals surface area contributed by atoms with Gasteiger partial charge >= 0.3 is 5.97 Å². The predicted octanol–water partition coefficient (Wildman–Crippen LogP) is 2.84. The smallest absolute Gasteiger partial charge is 0.339 e. The first-order valence-corrected chi connectivity index (χ1v) is 9.13. The van der Waals surface area contributed by atoms with Gasteiger partial charge < -0.3 is 14.6 Å². The van der Waals surface area contributed by atoms with Gasteiger partial charge in [0.25, 0.3) is 10.0 Å². The van der Waals surface area contributed by atoms with Crippen molar-refractivity contribution in [3.63, 3.8) is 0 Å². The van der Waals surface area contributed by atoms with Gasteiger partial charge in [0.05, 0.1) is 24.8 Å². The van der Waals surface area contributed by atoms with Crippen LogP contribution >= 0.6 is 0 Å². The van der Waals surface area contributed by atoms with Crippen molar-refractivity contribution in [3.05, 3.63) is 47.0 Å². The van der Waals surface area contributed by atoms with E-state index < -0.39 is 16.0 Å². The molecule has 0 unspecified atom stereocenters. The second-order valence-corrected chi connectivity index (χ2v) is 7.74. The van der Waals surface area contributed by atoms with Crippen molar-refractivity contribution in [1.82, 2.24) is 0 Å². The van der Waals surface area contributed by atoms with Crippen LogP contribution in [-0.2, 0) is 10.0 Å². The van der Waals surface area contributed by atoms with E-state index in [1.165, 1.54) is 27.3 Å². The third kappa shape index (κ3) is 3.45. The van der Waals surface area contributed by atoms with E-state index in [2.05, 4.69) is 0 Å². The molecule has 0 radical (unpaired) electrons. The van der Waals surface area contributed by atoms with Crippen LogP contribution in [0.4, 0.5) is 5.69 Å². The Morgan fingerprint density at radius 3 is 2.27 bits per heavy atom. The molecule has 0 aliphatic rings. The van der Waals surface area contributed by atoms with Gasteiger partial charge in [0.2, 0.25) is 0 Å². The van der Waals surface area contributed by atoms with Crippen LogP contribution in [0.25, 0.3) is 0 Å². The van der Waals surface area contributed by atoms with Gasteiger partial charge in [0.15, 0.2) is 11.5 Å². The normalized spacial score (nSPS) is 11.1. The van der Waals surface area contributed by atoms with E-state index in [0.29, 0.717) is 5.69 Å². The van der Waals surface area contributed by atoms with Crippen molar-refractivity contribution in [2.24, 2.45) is 0 Å². The van der Waals surface area contributed by atoms with Crippen molar-refractivity contribution in [1.29, 1.82) is 0 Å². The second kappa shape index (κ2) is 7.25. The molecular weight excluding hydrogens is 358 g/mol. The van der Waals surface area contributed by atoms with E-state index in [0.717, 1.165) is 21.5 Å². The summed E-state index contributed by atoms with van der Waals surface area (Å²) in [6.07, 6.45) is 0. The fourth-order valence-corrected chi connectivity index (χ4v) is 3.89. The van der Waals surface area contributed by atoms with Crippen molar-refractivity contribution in [3.8, 4) is 11.5 Å². The lowest BCUT2D eigenvalue weighted by Gasteiger charge is -2.23. The molecule has 0 heterocycles. The third-order valence-electron chi connectivity index (χ3n) is 4.05. The average Bonchev–Trinajstić information content (AvgIpc) is 2.61. The van der Waals surface area contributed by atoms with E-state index in [1.54, 1.807) is 13.0 Å². The molecule has 0 saturated carbocycles. The molecule has 0 atom stereocenters. The van der Waals surface area contributed by atoms with Crippen molar-refractivity contribution < 1.29 is 27.8 Å². The maximum absolute atomic E-state index is 13.1. The molecule has 2 aromatic rings. The number of rotatable bonds is 6. The molecule has 0 bridgehead atoms. The highest BCUT2D eigenvalue weighted by Gasteiger charge is 2.27. The van der Waals surface area contributed by atoms with Crippen molar-refractivity contribution in [2.75, 3.05) is 25.6 Å². The van der Waals surface area contributed by atoms with Crippen LogP contribution < -0.4 is 13.8 Å². The average molecular weight is 379 g/mol. The molecule has 0 saturated heterocycles. The minimum atomic E-state index is -4.01. The number of carboxylic acid groups (broad SMARTS) is 1. The standard InChI is InChI=1S/C18H21NO6S/c1-11-6-7-12(2)15(8-11)19(3)26(22,23)13-9-14(18(20)21)17(25-5)16(10-13)24-4/h6-10H,1-5H3,(H,20,21). The molecule has 2 aromatic carbocycles. The molecule has 0 amide bonds. The summed E-state index contributed by atoms with van der Waals surface area (Å²) in [6.45, 7) is 3.67. The highest BCUT2D eigenvalue weighted by Crippen LogP contribution is 2.36. The number of aromatic carboxylic acids is 1. The molecule has 140 valence electrons. The molecule has 8 heteroatoms. The molecule has 0 aromatic heterocycles. The number of sulfonamides is 1. The number of hydrogen-bond acceptors (Lipinski definition) is 5. The van der Waals surface area contributed by atoms with Crippen LogP contribution in [0.3, 0.4) is 0 Å². The number of anilines is 1. The zero-order chi connectivity index (χ0) is 19.6. The van der Waals surface area contributed by atoms with Gasteiger partial charge in [-0.2, -0.15) is 0 Å². The number of methoxy groups -OCH3 is 2. The SMILES string of the molecule is COc1cc(S(=O)(=O)N(C)c2cc(C)ccc2C)cc(C(=O)O)c1OC. The van der Waals surface area contributed by atoms with Gasteiger partial charge in [-0.05, 0) is 37.1 Å². The number of benzene rings is 2. The van der Waals surface area contributed by atoms with E-state index in [-0.39, 0.29) is 22.0 Å². The van der Waals surface area contributed by atoms with Gasteiger partial charge in [0.1, 0.15) is 5.56 Å². The number of ether oxygens (including phenoxy) is 2. The topological polar surface area (TPSA) is 93.1 Å². The summed E-state index contributed by atoms with van der Waals surface area (Å²) in [5, 5.41) is 9.40. The molecule has 0 fully saturated rings. The fourth-order valence-electron chi connectivity index (χ4n) is 2.59. The minimum Gasteiger partial charge on any atom is -0.493 e. The molecule has 1 N–H and O–H groups in total. The Kier molecular flexibility index (Phi) is 5.46. The van der Waals surface area contributed by atoms with Crippen LogP contribution in [0.2, 0.25) is 0 Å². The number of carboxylic acids is 1. The highest BCUT2D eigenvalue weighted by molar-refractivity contribution is 7.92. The largest absolute Gasteiger partial charge is 0.493 e. The lowest BCUT2D eigenvalue weighted by atomic mass is 10.1. The Morgan fingerprint density at radius 2 is 1.73 bits per heavy atom. The van der Waals surface area contributed by atoms with Crippen LogP contribution in [0.5, 0.6) is 11.5 Å². The maximum atomic E-state index is 13.1. The molecule has 7 nitrogen and oxygen atoms in total. The fraction of sp³-hybridized carbons (Fsp3) is 0.278. The molecule has 2 rings (SSSR count). The Morgan fingerprint density at radius 1 is 1.08 bits per heavy atom. The summed E-state index contributed by atoms with van der Waals surface area (Å²) in [5.74, 6) is -1.32. The van der Waals surface area contributed by atoms with Crippen LogP contribution in [-0.4, -0.2) is 40.8 Å². The molecule has 0 spiro atoms. The van der Waals surface area contributed by atoms with E-state index in [9.17, 15) is 18.3 Å². The first-order chi connectivity index (χ1) is 12.1. The van der Waals surface area contributed by atoms with Crippen LogP contribution in [0, 0.1) is 13.8 Å². The lowest BCUT2D eigenvalue weighted by molar-refractivity contribution is 0.0692. The van der Waals surface area contributed by atoms with E-state index in [4.69, 9.17) is 9.47 Å². The summed E-state index contributed by atoms with van der Waals surface area (Å²) < 4.78 is 37.5. The number of hydrogen-bond donors (Lipinski definition) is 1. The first kappa shape index (κ1) is 19.6. The Labute approximate surface area is 152 Å². The number of carbonyl (C=O) groups is 1. The van der Waals surface area contributed by atoms with E-state index in [1.807, 2.05) is 19.1 Å². The third-order valence-corrected chi connectivity index (χ3v) is 5.79. The molecule has 26 heavy (non-hydrogen) atoms. The molecular formula is C18H21NO6S. The Hall–Kier alpha value is -2.74. The summed E-state index contributed by atoms with van der Waals surface area (Å²) >= 11 is 0. The number of aryl methyl sites for hydroxylation is 2. The summed E-state index contributed by atoms with van der Waals surface area (Å²) in [4.78, 5) is 11.3. The van der Waals surface area contributed by atoms with Crippen LogP contribution in [0.15, 0.2) is 35.2 Å². The summed E-state index contributed by atoms with van der Waals surface area (Å²) in [5.41, 5.74) is 1.91. The minimum absolute atomic E-state index is 0.0281. The predicted molar refractivity (Wildman–Crippen MR) is 98.0 cm³/mol. The summed E-state index contributed by atoms with van der Waals surface area (Å²) in [7, 11) is 0.0206. The van der Waals surface area contributed by atoms with Crippen LogP contribution in [0.1, 0.15) is 21.5 Å².